The van der Waals surface area contributed by atoms with Gasteiger partial charge in [0.1, 0.15) is 0 Å². The predicted molar refractivity (Wildman–Crippen MR) is 64.2 cm³/mol. The number of hydrogen-bond acceptors (Lipinski definition) is 2. The molecule has 2 nitrogen and oxygen atoms in total. The van der Waals surface area contributed by atoms with Crippen molar-refractivity contribution in [2.24, 2.45) is 0 Å². The molecule has 0 fully saturated rings. The lowest BCUT2D eigenvalue weighted by Crippen LogP contribution is -2.17. The second kappa shape index (κ2) is 5.17. The average Bonchev–Trinajstić information content (AvgIpc) is 2.33. The van der Waals surface area contributed by atoms with Crippen molar-refractivity contribution in [1.82, 2.24) is 0 Å². The van der Waals surface area contributed by atoms with Crippen LogP contribution in [0, 0.1) is 6.92 Å². The summed E-state index contributed by atoms with van der Waals surface area (Å²) in [6, 6.07) is 8.19. The lowest BCUT2D eigenvalue weighted by Gasteiger charge is -2.19. The van der Waals surface area contributed by atoms with Gasteiger partial charge in [0.2, 0.25) is 0 Å². The van der Waals surface area contributed by atoms with Gasteiger partial charge in [-0.1, -0.05) is 24.3 Å². The molecule has 1 aliphatic heterocycles. The van der Waals surface area contributed by atoms with Crippen LogP contribution in [0.25, 0.3) is 0 Å². The van der Waals surface area contributed by atoms with E-state index in [9.17, 15) is 5.11 Å². The number of hydrogen-bond donors (Lipinski definition) is 1. The Balaban J connectivity index is 2.04. The fourth-order valence-electron chi connectivity index (χ4n) is 2.01. The Morgan fingerprint density at radius 1 is 1.38 bits per heavy atom. The highest BCUT2D eigenvalue weighted by molar-refractivity contribution is 5.27. The van der Waals surface area contributed by atoms with Crippen molar-refractivity contribution in [3.8, 4) is 0 Å². The van der Waals surface area contributed by atoms with Crippen LogP contribution in [0.1, 0.15) is 24.0 Å². The Bertz CT molecular complexity index is 382. The predicted octanol–water partition coefficient (Wildman–Crippen LogP) is 2.59. The van der Waals surface area contributed by atoms with Crippen molar-refractivity contribution in [3.05, 3.63) is 47.2 Å². The van der Waals surface area contributed by atoms with E-state index in [1.807, 2.05) is 12.1 Å². The summed E-state index contributed by atoms with van der Waals surface area (Å²) in [5.74, 6) is 0. The molecule has 0 aromatic heterocycles. The van der Waals surface area contributed by atoms with Crippen molar-refractivity contribution in [2.45, 2.75) is 32.3 Å². The topological polar surface area (TPSA) is 29.5 Å². The minimum absolute atomic E-state index is 0.401. The molecule has 0 aliphatic carbocycles. The maximum Gasteiger partial charge on any atom is 0.0876 e. The van der Waals surface area contributed by atoms with Crippen molar-refractivity contribution in [1.29, 1.82) is 0 Å². The Kier molecular flexibility index (Phi) is 3.62. The third kappa shape index (κ3) is 2.64. The number of ether oxygens (including phenoxy) is 1. The molecule has 0 saturated heterocycles. The largest absolute Gasteiger partial charge is 0.501 e. The van der Waals surface area contributed by atoms with E-state index in [1.54, 1.807) is 6.26 Å². The molecule has 0 saturated carbocycles. The standard InChI is InChI=1S/C14H18O2/c1-11-5-2-3-6-12(11)9-14(15)13-7-4-8-16-10-13/h2-3,5-6,10,14-15H,4,7-9H2,1H3. The average molecular weight is 218 g/mol. The fraction of sp³-hybridized carbons (Fsp3) is 0.429. The Morgan fingerprint density at radius 3 is 2.88 bits per heavy atom. The zero-order valence-electron chi connectivity index (χ0n) is 9.65. The van der Waals surface area contributed by atoms with Gasteiger partial charge in [-0.15, -0.1) is 0 Å². The summed E-state index contributed by atoms with van der Waals surface area (Å²) < 4.78 is 5.25. The van der Waals surface area contributed by atoms with Crippen LogP contribution in [0.4, 0.5) is 0 Å². The maximum absolute atomic E-state index is 10.1. The summed E-state index contributed by atoms with van der Waals surface area (Å²) in [4.78, 5) is 0. The minimum atomic E-state index is -0.401. The third-order valence-corrected chi connectivity index (χ3v) is 3.06. The van der Waals surface area contributed by atoms with Gasteiger partial charge < -0.3 is 9.84 Å². The normalized spacial score (nSPS) is 17.5. The van der Waals surface area contributed by atoms with E-state index in [0.717, 1.165) is 25.0 Å². The van der Waals surface area contributed by atoms with Crippen LogP contribution in [0.3, 0.4) is 0 Å². The molecule has 1 unspecified atom stereocenters. The van der Waals surface area contributed by atoms with Crippen molar-refractivity contribution in [3.63, 3.8) is 0 Å². The van der Waals surface area contributed by atoms with E-state index in [4.69, 9.17) is 4.74 Å². The molecule has 0 bridgehead atoms. The second-order valence-corrected chi connectivity index (χ2v) is 4.31. The van der Waals surface area contributed by atoms with Crippen LogP contribution in [0.2, 0.25) is 0 Å². The zero-order chi connectivity index (χ0) is 11.4. The molecular weight excluding hydrogens is 200 g/mol. The van der Waals surface area contributed by atoms with Gasteiger partial charge in [0.25, 0.3) is 0 Å². The monoisotopic (exact) mass is 218 g/mol. The molecule has 86 valence electrons. The van der Waals surface area contributed by atoms with Gasteiger partial charge in [0.05, 0.1) is 19.0 Å². The molecule has 1 atom stereocenters. The molecule has 1 aromatic rings. The van der Waals surface area contributed by atoms with E-state index in [-0.39, 0.29) is 0 Å². The highest BCUT2D eigenvalue weighted by Crippen LogP contribution is 2.20. The molecule has 2 rings (SSSR count). The molecule has 2 heteroatoms. The molecule has 0 radical (unpaired) electrons. The molecular formula is C14H18O2. The molecule has 1 heterocycles. The number of aliphatic hydroxyl groups excluding tert-OH is 1. The first-order valence-corrected chi connectivity index (χ1v) is 5.80. The quantitative estimate of drug-likeness (QED) is 0.845. The molecule has 1 aliphatic rings. The van der Waals surface area contributed by atoms with Crippen LogP contribution in [0.5, 0.6) is 0 Å². The Morgan fingerprint density at radius 2 is 2.19 bits per heavy atom. The van der Waals surface area contributed by atoms with Crippen LogP contribution in [0.15, 0.2) is 36.1 Å². The van der Waals surface area contributed by atoms with E-state index in [1.165, 1.54) is 11.1 Å². The van der Waals surface area contributed by atoms with Crippen LogP contribution < -0.4 is 0 Å². The summed E-state index contributed by atoms with van der Waals surface area (Å²) >= 11 is 0. The molecule has 1 N–H and O–H groups in total. The van der Waals surface area contributed by atoms with Gasteiger partial charge in [-0.3, -0.25) is 0 Å². The summed E-state index contributed by atoms with van der Waals surface area (Å²) in [6.07, 6.45) is 3.97. The van der Waals surface area contributed by atoms with Gasteiger partial charge in [-0.05, 0) is 36.5 Å². The molecule has 16 heavy (non-hydrogen) atoms. The Hall–Kier alpha value is -1.28. The number of rotatable bonds is 3. The van der Waals surface area contributed by atoms with E-state index in [2.05, 4.69) is 19.1 Å². The second-order valence-electron chi connectivity index (χ2n) is 4.31. The summed E-state index contributed by atoms with van der Waals surface area (Å²) in [5, 5.41) is 10.1. The third-order valence-electron chi connectivity index (χ3n) is 3.06. The van der Waals surface area contributed by atoms with Crippen LogP contribution in [-0.4, -0.2) is 17.8 Å². The maximum atomic E-state index is 10.1. The first-order valence-electron chi connectivity index (χ1n) is 5.80. The zero-order valence-corrected chi connectivity index (χ0v) is 9.65. The highest BCUT2D eigenvalue weighted by Gasteiger charge is 2.15. The van der Waals surface area contributed by atoms with Crippen LogP contribution >= 0.6 is 0 Å². The van der Waals surface area contributed by atoms with Crippen LogP contribution in [-0.2, 0) is 11.2 Å². The van der Waals surface area contributed by atoms with E-state index in [0.29, 0.717) is 6.42 Å². The minimum Gasteiger partial charge on any atom is -0.501 e. The first-order chi connectivity index (χ1) is 7.77. The smallest absolute Gasteiger partial charge is 0.0876 e. The summed E-state index contributed by atoms with van der Waals surface area (Å²) in [5.41, 5.74) is 3.47. The van der Waals surface area contributed by atoms with Crippen molar-refractivity contribution in [2.75, 3.05) is 6.61 Å². The summed E-state index contributed by atoms with van der Waals surface area (Å²) in [6.45, 7) is 2.86. The number of aliphatic hydroxyl groups is 1. The van der Waals surface area contributed by atoms with Gasteiger partial charge in [0, 0.05) is 6.42 Å². The van der Waals surface area contributed by atoms with Crippen molar-refractivity contribution < 1.29 is 9.84 Å². The van der Waals surface area contributed by atoms with Gasteiger partial charge >= 0.3 is 0 Å². The highest BCUT2D eigenvalue weighted by atomic mass is 16.5. The SMILES string of the molecule is Cc1ccccc1CC(O)C1=COCCC1. The lowest BCUT2D eigenvalue weighted by molar-refractivity contribution is 0.168. The van der Waals surface area contributed by atoms with Gasteiger partial charge in [-0.25, -0.2) is 0 Å². The molecule has 0 amide bonds. The van der Waals surface area contributed by atoms with Gasteiger partial charge in [0.15, 0.2) is 0 Å². The van der Waals surface area contributed by atoms with Gasteiger partial charge in [-0.2, -0.15) is 0 Å². The molecule has 0 spiro atoms. The van der Waals surface area contributed by atoms with E-state index < -0.39 is 6.10 Å². The first kappa shape index (κ1) is 11.2. The summed E-state index contributed by atoms with van der Waals surface area (Å²) in [7, 11) is 0. The molecule has 1 aromatic carbocycles. The number of benzene rings is 1. The lowest BCUT2D eigenvalue weighted by atomic mass is 9.96. The number of aryl methyl sites for hydroxylation is 1. The fourth-order valence-corrected chi connectivity index (χ4v) is 2.01. The Labute approximate surface area is 96.6 Å². The van der Waals surface area contributed by atoms with E-state index >= 15 is 0 Å². The van der Waals surface area contributed by atoms with Crippen molar-refractivity contribution >= 4 is 0 Å².